The molecule has 0 aromatic carbocycles. The van der Waals surface area contributed by atoms with Crippen molar-refractivity contribution in [3.63, 3.8) is 0 Å². The quantitative estimate of drug-likeness (QED) is 0.175. The third-order valence-electron chi connectivity index (χ3n) is 4.28. The number of ether oxygens (including phenoxy) is 1. The van der Waals surface area contributed by atoms with Gasteiger partial charge in [-0.1, -0.05) is 96.8 Å². The Bertz CT molecular complexity index is 309. The predicted octanol–water partition coefficient (Wildman–Crippen LogP) is 6.71. The highest BCUT2D eigenvalue weighted by molar-refractivity contribution is 5.69. The number of hydrogen-bond donors (Lipinski definition) is 2. The normalized spacial score (nSPS) is 10.5. The maximum atomic E-state index is 11.2. The fourth-order valence-corrected chi connectivity index (χ4v) is 2.82. The van der Waals surface area contributed by atoms with Gasteiger partial charge in [0.1, 0.15) is 0 Å². The van der Waals surface area contributed by atoms with E-state index in [1.807, 2.05) is 0 Å². The lowest BCUT2D eigenvalue weighted by molar-refractivity contribution is -0.138. The predicted molar refractivity (Wildman–Crippen MR) is 99.0 cm³/mol. The lowest BCUT2D eigenvalue weighted by atomic mass is 10.0. The first kappa shape index (κ1) is 22.8. The molecule has 0 atom stereocenters. The van der Waals surface area contributed by atoms with Gasteiger partial charge in [-0.15, -0.1) is 0 Å². The average molecular weight is 343 g/mol. The number of aliphatic hydroxyl groups excluding tert-OH is 1. The molecule has 0 saturated carbocycles. The van der Waals surface area contributed by atoms with Crippen molar-refractivity contribution in [3.8, 4) is 0 Å². The molecule has 0 aromatic heterocycles. The molecule has 0 spiro atoms. The van der Waals surface area contributed by atoms with E-state index in [0.29, 0.717) is 12.7 Å². The van der Waals surface area contributed by atoms with E-state index in [1.54, 1.807) is 0 Å². The summed E-state index contributed by atoms with van der Waals surface area (Å²) in [4.78, 5) is 11.2. The summed E-state index contributed by atoms with van der Waals surface area (Å²) in [5.74, 6) is -1.38. The van der Waals surface area contributed by atoms with Crippen molar-refractivity contribution in [3.05, 3.63) is 12.2 Å². The molecule has 0 bridgehead atoms. The van der Waals surface area contributed by atoms with E-state index < -0.39 is 11.9 Å². The Balaban J connectivity index is 3.12. The molecule has 0 fully saturated rings. The van der Waals surface area contributed by atoms with Gasteiger partial charge in [-0.3, -0.25) is 4.79 Å². The van der Waals surface area contributed by atoms with Gasteiger partial charge in [-0.05, 0) is 6.42 Å². The molecule has 2 N–H and O–H groups in total. The molecule has 0 heterocycles. The van der Waals surface area contributed by atoms with Crippen LogP contribution in [0.3, 0.4) is 0 Å². The van der Waals surface area contributed by atoms with Gasteiger partial charge >= 0.3 is 11.9 Å². The number of rotatable bonds is 17. The zero-order chi connectivity index (χ0) is 17.9. The lowest BCUT2D eigenvalue weighted by Gasteiger charge is -2.03. The number of esters is 1. The lowest BCUT2D eigenvalue weighted by Crippen LogP contribution is -2.00. The van der Waals surface area contributed by atoms with E-state index in [2.05, 4.69) is 11.7 Å². The Hall–Kier alpha value is -1.19. The van der Waals surface area contributed by atoms with Crippen molar-refractivity contribution < 1.29 is 19.7 Å². The van der Waals surface area contributed by atoms with Crippen LogP contribution in [0.4, 0.5) is 0 Å². The van der Waals surface area contributed by atoms with Gasteiger partial charge in [0.05, 0.1) is 0 Å². The van der Waals surface area contributed by atoms with Gasteiger partial charge in [-0.2, -0.15) is 0 Å². The number of aliphatic hydroxyl groups is 2. The summed E-state index contributed by atoms with van der Waals surface area (Å²) in [6.45, 7) is 2.26. The number of carbonyl (C=O) groups is 1. The molecular weight excluding hydrogens is 304 g/mol. The second-order valence-electron chi connectivity index (χ2n) is 6.67. The molecule has 0 radical (unpaired) electrons. The molecule has 4 nitrogen and oxygen atoms in total. The summed E-state index contributed by atoms with van der Waals surface area (Å²) in [6, 6.07) is 0. The summed E-state index contributed by atoms with van der Waals surface area (Å²) in [6.07, 6.45) is 20.4. The van der Waals surface area contributed by atoms with Gasteiger partial charge in [0.25, 0.3) is 0 Å². The van der Waals surface area contributed by atoms with E-state index in [4.69, 9.17) is 10.2 Å². The monoisotopic (exact) mass is 342 g/mol. The minimum atomic E-state index is -0.972. The average Bonchev–Trinajstić information content (AvgIpc) is 2.56. The van der Waals surface area contributed by atoms with Crippen molar-refractivity contribution in [1.29, 1.82) is 0 Å². The molecule has 142 valence electrons. The number of unbranched alkanes of at least 4 members (excludes halogenated alkanes) is 14. The largest absolute Gasteiger partial charge is 0.479 e. The molecule has 0 saturated heterocycles. The Morgan fingerprint density at radius 3 is 1.46 bits per heavy atom. The van der Waals surface area contributed by atoms with E-state index in [-0.39, 0.29) is 0 Å². The maximum Gasteiger partial charge on any atom is 0.311 e. The van der Waals surface area contributed by atoms with Gasteiger partial charge in [-0.25, -0.2) is 0 Å². The second kappa shape index (κ2) is 18.2. The highest BCUT2D eigenvalue weighted by atomic mass is 16.5. The third-order valence-corrected chi connectivity index (χ3v) is 4.28. The summed E-state index contributed by atoms with van der Waals surface area (Å²) in [5, 5.41) is 16.9. The van der Waals surface area contributed by atoms with Crippen LogP contribution in [0.1, 0.15) is 110 Å². The van der Waals surface area contributed by atoms with Crippen LogP contribution in [0.5, 0.6) is 0 Å². The van der Waals surface area contributed by atoms with Crippen LogP contribution >= 0.6 is 0 Å². The van der Waals surface area contributed by atoms with Crippen LogP contribution in [0, 0.1) is 0 Å². The summed E-state index contributed by atoms with van der Waals surface area (Å²) in [7, 11) is 0. The SMILES string of the molecule is CCCCCCCCCCCCCCCCCC(=O)OC=C(O)O. The fourth-order valence-electron chi connectivity index (χ4n) is 2.82. The van der Waals surface area contributed by atoms with E-state index in [9.17, 15) is 4.79 Å². The molecule has 0 aliphatic heterocycles. The molecule has 4 heteroatoms. The van der Waals surface area contributed by atoms with Crippen LogP contribution in [-0.2, 0) is 9.53 Å². The summed E-state index contributed by atoms with van der Waals surface area (Å²) >= 11 is 0. The van der Waals surface area contributed by atoms with Crippen molar-refractivity contribution in [1.82, 2.24) is 0 Å². The summed E-state index contributed by atoms with van der Waals surface area (Å²) in [5.41, 5.74) is 0. The number of hydrogen-bond acceptors (Lipinski definition) is 4. The smallest absolute Gasteiger partial charge is 0.311 e. The molecule has 24 heavy (non-hydrogen) atoms. The molecular formula is C20H38O4. The third kappa shape index (κ3) is 18.9. The standard InChI is InChI=1S/C20H38O4/c1-2-3-4-5-6-7-8-9-10-11-12-13-14-15-16-17-20(23)24-18-19(21)22/h18,21-22H,2-17H2,1H3. The second-order valence-corrected chi connectivity index (χ2v) is 6.67. The van der Waals surface area contributed by atoms with Gasteiger partial charge in [0.15, 0.2) is 6.26 Å². The van der Waals surface area contributed by atoms with Gasteiger partial charge in [0.2, 0.25) is 0 Å². The molecule has 0 aromatic rings. The maximum absolute atomic E-state index is 11.2. The minimum absolute atomic E-state index is 0.335. The highest BCUT2D eigenvalue weighted by Gasteiger charge is 2.01. The Kier molecular flexibility index (Phi) is 17.3. The molecule has 0 aliphatic rings. The van der Waals surface area contributed by atoms with E-state index in [0.717, 1.165) is 19.3 Å². The molecule has 0 unspecified atom stereocenters. The fraction of sp³-hybridized carbons (Fsp3) is 0.850. The van der Waals surface area contributed by atoms with E-state index in [1.165, 1.54) is 77.0 Å². The summed E-state index contributed by atoms with van der Waals surface area (Å²) < 4.78 is 4.52. The molecule has 0 aliphatic carbocycles. The Labute approximate surface area is 148 Å². The van der Waals surface area contributed by atoms with Crippen LogP contribution in [-0.4, -0.2) is 16.2 Å². The number of carbonyl (C=O) groups excluding carboxylic acids is 1. The Morgan fingerprint density at radius 2 is 1.08 bits per heavy atom. The first-order valence-electron chi connectivity index (χ1n) is 9.94. The van der Waals surface area contributed by atoms with E-state index >= 15 is 0 Å². The molecule has 0 rings (SSSR count). The minimum Gasteiger partial charge on any atom is -0.479 e. The highest BCUT2D eigenvalue weighted by Crippen LogP contribution is 2.13. The van der Waals surface area contributed by atoms with Crippen molar-refractivity contribution in [2.75, 3.05) is 0 Å². The van der Waals surface area contributed by atoms with Crippen molar-refractivity contribution in [2.45, 2.75) is 110 Å². The first-order valence-corrected chi connectivity index (χ1v) is 9.94. The zero-order valence-corrected chi connectivity index (χ0v) is 15.6. The Morgan fingerprint density at radius 1 is 0.708 bits per heavy atom. The van der Waals surface area contributed by atoms with Crippen LogP contribution in [0.2, 0.25) is 0 Å². The topological polar surface area (TPSA) is 66.8 Å². The van der Waals surface area contributed by atoms with Crippen LogP contribution in [0.25, 0.3) is 0 Å². The van der Waals surface area contributed by atoms with Crippen molar-refractivity contribution >= 4 is 5.97 Å². The van der Waals surface area contributed by atoms with Crippen LogP contribution < -0.4 is 0 Å². The van der Waals surface area contributed by atoms with Gasteiger partial charge < -0.3 is 14.9 Å². The molecule has 0 amide bonds. The first-order chi connectivity index (χ1) is 11.7. The van der Waals surface area contributed by atoms with Crippen molar-refractivity contribution in [2.24, 2.45) is 0 Å². The zero-order valence-electron chi connectivity index (χ0n) is 15.6. The van der Waals surface area contributed by atoms with Crippen LogP contribution in [0.15, 0.2) is 12.2 Å². The van der Waals surface area contributed by atoms with Gasteiger partial charge in [0, 0.05) is 6.42 Å².